The van der Waals surface area contributed by atoms with Crippen molar-refractivity contribution in [3.05, 3.63) is 69.8 Å². The van der Waals surface area contributed by atoms with Crippen LogP contribution in [0.25, 0.3) is 10.2 Å². The number of thioether (sulfide) groups is 1. The van der Waals surface area contributed by atoms with Crippen molar-refractivity contribution >= 4 is 56.4 Å². The lowest BCUT2D eigenvalue weighted by atomic mass is 9.97. The quantitative estimate of drug-likeness (QED) is 0.252. The number of hydrogen-bond acceptors (Lipinski definition) is 6. The molecule has 0 radical (unpaired) electrons. The number of rotatable bonds is 5. The normalized spacial score (nSPS) is 13.4. The van der Waals surface area contributed by atoms with Gasteiger partial charge in [0.1, 0.15) is 22.2 Å². The van der Waals surface area contributed by atoms with Gasteiger partial charge in [0, 0.05) is 14.8 Å². The molecule has 1 aliphatic rings. The fourth-order valence-corrected chi connectivity index (χ4v) is 5.90. The Morgan fingerprint density at radius 2 is 1.83 bits per heavy atom. The summed E-state index contributed by atoms with van der Waals surface area (Å²) in [6.07, 6.45) is 4.60. The number of aromatic hydroxyl groups is 1. The van der Waals surface area contributed by atoms with Crippen LogP contribution in [-0.2, 0) is 18.6 Å². The molecule has 2 aromatic heterocycles. The molecule has 0 saturated carbocycles. The number of hydrogen-bond donors (Lipinski definition) is 2. The number of halogens is 1. The third-order valence-corrected chi connectivity index (χ3v) is 7.65. The summed E-state index contributed by atoms with van der Waals surface area (Å²) in [6, 6.07) is 15.1. The summed E-state index contributed by atoms with van der Waals surface area (Å²) < 4.78 is 0. The summed E-state index contributed by atoms with van der Waals surface area (Å²) in [7, 11) is 0. The zero-order valence-electron chi connectivity index (χ0n) is 16.2. The first kappa shape index (κ1) is 19.7. The molecule has 0 atom stereocenters. The highest BCUT2D eigenvalue weighted by molar-refractivity contribution is 7.98. The lowest BCUT2D eigenvalue weighted by molar-refractivity contribution is 0.477. The van der Waals surface area contributed by atoms with E-state index in [0.29, 0.717) is 11.4 Å². The van der Waals surface area contributed by atoms with Crippen molar-refractivity contribution in [2.75, 3.05) is 5.32 Å². The molecule has 30 heavy (non-hydrogen) atoms. The number of para-hydroxylation sites is 2. The Kier molecular flexibility index (Phi) is 5.54. The Labute approximate surface area is 188 Å². The lowest BCUT2D eigenvalue weighted by Crippen LogP contribution is -2.03. The van der Waals surface area contributed by atoms with Crippen molar-refractivity contribution in [1.29, 1.82) is 0 Å². The van der Waals surface area contributed by atoms with Gasteiger partial charge in [0.25, 0.3) is 0 Å². The average Bonchev–Trinajstić information content (AvgIpc) is 3.13. The monoisotopic (exact) mass is 453 g/mol. The maximum atomic E-state index is 10.3. The average molecular weight is 454 g/mol. The second-order valence-electron chi connectivity index (χ2n) is 7.26. The van der Waals surface area contributed by atoms with Crippen LogP contribution in [0.3, 0.4) is 0 Å². The molecule has 152 valence electrons. The van der Waals surface area contributed by atoms with Crippen molar-refractivity contribution < 1.29 is 5.11 Å². The van der Waals surface area contributed by atoms with E-state index in [-0.39, 0.29) is 5.75 Å². The van der Waals surface area contributed by atoms with Gasteiger partial charge in [0.15, 0.2) is 0 Å². The minimum atomic E-state index is 0.213. The summed E-state index contributed by atoms with van der Waals surface area (Å²) in [5.41, 5.74) is 2.03. The number of benzene rings is 2. The SMILES string of the molecule is Oc1ccccc1Nc1nc(CSc2ccc(Cl)cc2)nc2sc3c(c12)CCCC3. The molecule has 4 aromatic rings. The van der Waals surface area contributed by atoms with E-state index in [4.69, 9.17) is 21.6 Å². The minimum Gasteiger partial charge on any atom is -0.506 e. The molecule has 5 rings (SSSR count). The number of thiophene rings is 1. The van der Waals surface area contributed by atoms with Gasteiger partial charge in [-0.1, -0.05) is 23.7 Å². The molecular formula is C23H20ClN3OS2. The van der Waals surface area contributed by atoms with Crippen LogP contribution < -0.4 is 5.32 Å². The number of fused-ring (bicyclic) bond motifs is 3. The van der Waals surface area contributed by atoms with Crippen LogP contribution in [-0.4, -0.2) is 15.1 Å². The number of nitrogens with one attached hydrogen (secondary N) is 1. The first-order chi connectivity index (χ1) is 14.7. The van der Waals surface area contributed by atoms with E-state index in [2.05, 4.69) is 5.32 Å². The molecule has 2 aromatic carbocycles. The number of nitrogens with zero attached hydrogens (tertiary/aromatic N) is 2. The van der Waals surface area contributed by atoms with Crippen LogP contribution in [0.4, 0.5) is 11.5 Å². The number of phenols is 1. The fraction of sp³-hybridized carbons (Fsp3) is 0.217. The fourth-order valence-electron chi connectivity index (χ4n) is 3.74. The van der Waals surface area contributed by atoms with Crippen LogP contribution in [0.1, 0.15) is 29.1 Å². The van der Waals surface area contributed by atoms with Crippen LogP contribution in [0, 0.1) is 0 Å². The number of phenolic OH excluding ortho intramolecular Hbond substituents is 1. The molecular weight excluding hydrogens is 434 g/mol. The first-order valence-corrected chi connectivity index (χ1v) is 12.1. The van der Waals surface area contributed by atoms with E-state index in [0.717, 1.165) is 44.6 Å². The highest BCUT2D eigenvalue weighted by atomic mass is 35.5. The van der Waals surface area contributed by atoms with Crippen LogP contribution in [0.15, 0.2) is 53.4 Å². The van der Waals surface area contributed by atoms with Gasteiger partial charge in [-0.2, -0.15) is 0 Å². The molecule has 0 bridgehead atoms. The predicted molar refractivity (Wildman–Crippen MR) is 126 cm³/mol. The Hall–Kier alpha value is -2.28. The molecule has 0 saturated heterocycles. The van der Waals surface area contributed by atoms with Gasteiger partial charge in [0.2, 0.25) is 0 Å². The largest absolute Gasteiger partial charge is 0.506 e. The van der Waals surface area contributed by atoms with Gasteiger partial charge < -0.3 is 10.4 Å². The second-order valence-corrected chi connectivity index (χ2v) is 9.83. The van der Waals surface area contributed by atoms with E-state index in [9.17, 15) is 5.11 Å². The summed E-state index contributed by atoms with van der Waals surface area (Å²) in [6.45, 7) is 0. The van der Waals surface area contributed by atoms with E-state index >= 15 is 0 Å². The molecule has 0 unspecified atom stereocenters. The zero-order chi connectivity index (χ0) is 20.5. The van der Waals surface area contributed by atoms with E-state index in [1.807, 2.05) is 42.5 Å². The second kappa shape index (κ2) is 8.46. The maximum absolute atomic E-state index is 10.3. The van der Waals surface area contributed by atoms with E-state index in [1.54, 1.807) is 29.2 Å². The molecule has 0 spiro atoms. The number of aromatic nitrogens is 2. The van der Waals surface area contributed by atoms with Crippen LogP contribution >= 0.6 is 34.7 Å². The topological polar surface area (TPSA) is 58.0 Å². The summed E-state index contributed by atoms with van der Waals surface area (Å²) in [4.78, 5) is 13.4. The first-order valence-electron chi connectivity index (χ1n) is 9.92. The van der Waals surface area contributed by atoms with Crippen LogP contribution in [0.5, 0.6) is 5.75 Å². The van der Waals surface area contributed by atoms with Crippen molar-refractivity contribution in [2.45, 2.75) is 36.3 Å². The lowest BCUT2D eigenvalue weighted by Gasteiger charge is -2.14. The van der Waals surface area contributed by atoms with Gasteiger partial charge in [0.05, 0.1) is 16.8 Å². The predicted octanol–water partition coefficient (Wildman–Crippen LogP) is 6.97. The Morgan fingerprint density at radius 1 is 1.03 bits per heavy atom. The van der Waals surface area contributed by atoms with E-state index < -0.39 is 0 Å². The maximum Gasteiger partial charge on any atom is 0.143 e. The van der Waals surface area contributed by atoms with Crippen molar-refractivity contribution in [3.63, 3.8) is 0 Å². The number of aryl methyl sites for hydroxylation is 2. The molecule has 1 aliphatic carbocycles. The van der Waals surface area contributed by atoms with Crippen LogP contribution in [0.2, 0.25) is 5.02 Å². The van der Waals surface area contributed by atoms with Gasteiger partial charge in [-0.3, -0.25) is 0 Å². The molecule has 0 fully saturated rings. The summed E-state index contributed by atoms with van der Waals surface area (Å²) in [5, 5.41) is 15.5. The molecule has 2 heterocycles. The molecule has 0 aliphatic heterocycles. The van der Waals surface area contributed by atoms with Gasteiger partial charge >= 0.3 is 0 Å². The Balaban J connectivity index is 1.53. The zero-order valence-corrected chi connectivity index (χ0v) is 18.6. The number of anilines is 2. The molecule has 2 N–H and O–H groups in total. The minimum absolute atomic E-state index is 0.213. The van der Waals surface area contributed by atoms with Crippen molar-refractivity contribution in [2.24, 2.45) is 0 Å². The summed E-state index contributed by atoms with van der Waals surface area (Å²) in [5.74, 6) is 2.44. The van der Waals surface area contributed by atoms with Gasteiger partial charge in [-0.25, -0.2) is 9.97 Å². The molecule has 4 nitrogen and oxygen atoms in total. The third kappa shape index (κ3) is 4.00. The molecule has 0 amide bonds. The van der Waals surface area contributed by atoms with Crippen molar-refractivity contribution in [3.8, 4) is 5.75 Å². The Morgan fingerprint density at radius 3 is 2.67 bits per heavy atom. The smallest absolute Gasteiger partial charge is 0.143 e. The third-order valence-electron chi connectivity index (χ3n) is 5.20. The van der Waals surface area contributed by atoms with Crippen molar-refractivity contribution in [1.82, 2.24) is 9.97 Å². The van der Waals surface area contributed by atoms with E-state index in [1.165, 1.54) is 23.3 Å². The van der Waals surface area contributed by atoms with Gasteiger partial charge in [-0.05, 0) is 67.6 Å². The highest BCUT2D eigenvalue weighted by Crippen LogP contribution is 2.40. The summed E-state index contributed by atoms with van der Waals surface area (Å²) >= 11 is 9.47. The standard InChI is InChI=1S/C23H20ClN3OS2/c24-14-9-11-15(12-10-14)29-13-20-26-22(25-17-6-2-3-7-18(17)28)21-16-5-1-4-8-19(16)30-23(21)27-20/h2-3,6-7,9-12,28H,1,4-5,8,13H2,(H,25,26,27). The van der Waals surface area contributed by atoms with Gasteiger partial charge in [-0.15, -0.1) is 23.1 Å². The highest BCUT2D eigenvalue weighted by Gasteiger charge is 2.21. The Bertz CT molecular complexity index is 1210. The molecule has 7 heteroatoms.